The minimum atomic E-state index is 0.124. The molecule has 0 aliphatic heterocycles. The van der Waals surface area contributed by atoms with E-state index in [0.717, 1.165) is 19.0 Å². The zero-order chi connectivity index (χ0) is 10.1. The number of hydrogen-bond acceptors (Lipinski definition) is 3. The average molecular weight is 188 g/mol. The standard InChI is InChI=1S/C10H24N2O/c1-4-9(5-2)6-12-7-10(11)8-13-3/h9-10,12H,4-8,11H2,1-3H3. The summed E-state index contributed by atoms with van der Waals surface area (Å²) >= 11 is 0. The van der Waals surface area contributed by atoms with Crippen molar-refractivity contribution in [1.29, 1.82) is 0 Å². The molecule has 80 valence electrons. The Morgan fingerprint density at radius 2 is 1.85 bits per heavy atom. The Kier molecular flexibility index (Phi) is 8.40. The topological polar surface area (TPSA) is 47.3 Å². The summed E-state index contributed by atoms with van der Waals surface area (Å²) in [5.41, 5.74) is 5.77. The van der Waals surface area contributed by atoms with E-state index in [4.69, 9.17) is 10.5 Å². The molecule has 0 bridgehead atoms. The summed E-state index contributed by atoms with van der Waals surface area (Å²) in [6.07, 6.45) is 2.48. The second-order valence-corrected chi connectivity index (χ2v) is 3.56. The van der Waals surface area contributed by atoms with Crippen molar-refractivity contribution >= 4 is 0 Å². The Balaban J connectivity index is 3.32. The van der Waals surface area contributed by atoms with Gasteiger partial charge in [0, 0.05) is 19.7 Å². The van der Waals surface area contributed by atoms with E-state index in [9.17, 15) is 0 Å². The highest BCUT2D eigenvalue weighted by Gasteiger charge is 2.04. The predicted molar refractivity (Wildman–Crippen MR) is 56.8 cm³/mol. The van der Waals surface area contributed by atoms with Gasteiger partial charge in [0.1, 0.15) is 0 Å². The number of nitrogens with two attached hydrogens (primary N) is 1. The molecule has 13 heavy (non-hydrogen) atoms. The average Bonchev–Trinajstić information content (AvgIpc) is 2.13. The molecule has 3 nitrogen and oxygen atoms in total. The molecule has 0 spiro atoms. The van der Waals surface area contributed by atoms with Crippen LogP contribution in [0.25, 0.3) is 0 Å². The van der Waals surface area contributed by atoms with Crippen LogP contribution >= 0.6 is 0 Å². The second kappa shape index (κ2) is 8.48. The van der Waals surface area contributed by atoms with Crippen LogP contribution in [-0.4, -0.2) is 32.8 Å². The molecule has 0 rings (SSSR count). The molecule has 0 aromatic carbocycles. The first-order chi connectivity index (χ1) is 6.24. The first-order valence-electron chi connectivity index (χ1n) is 5.19. The molecule has 3 heteroatoms. The molecule has 0 amide bonds. The van der Waals surface area contributed by atoms with Crippen molar-refractivity contribution in [3.05, 3.63) is 0 Å². The largest absolute Gasteiger partial charge is 0.383 e. The molecule has 0 aliphatic carbocycles. The van der Waals surface area contributed by atoms with Gasteiger partial charge in [-0.15, -0.1) is 0 Å². The zero-order valence-electron chi connectivity index (χ0n) is 9.18. The number of rotatable bonds is 8. The van der Waals surface area contributed by atoms with Gasteiger partial charge in [-0.05, 0) is 12.5 Å². The van der Waals surface area contributed by atoms with E-state index in [1.54, 1.807) is 7.11 Å². The maximum absolute atomic E-state index is 5.77. The molecule has 3 N–H and O–H groups in total. The normalized spacial score (nSPS) is 13.6. The minimum Gasteiger partial charge on any atom is -0.383 e. The van der Waals surface area contributed by atoms with Crippen molar-refractivity contribution in [3.63, 3.8) is 0 Å². The van der Waals surface area contributed by atoms with Crippen LogP contribution in [0.15, 0.2) is 0 Å². The first kappa shape index (κ1) is 12.9. The van der Waals surface area contributed by atoms with Gasteiger partial charge in [0.2, 0.25) is 0 Å². The minimum absolute atomic E-state index is 0.124. The van der Waals surface area contributed by atoms with Crippen LogP contribution in [0.2, 0.25) is 0 Å². The van der Waals surface area contributed by atoms with Gasteiger partial charge in [-0.1, -0.05) is 26.7 Å². The van der Waals surface area contributed by atoms with E-state index in [1.165, 1.54) is 12.8 Å². The molecular formula is C10H24N2O. The SMILES string of the molecule is CCC(CC)CNCC(N)COC. The molecule has 0 saturated carbocycles. The third-order valence-electron chi connectivity index (χ3n) is 2.37. The number of nitrogens with one attached hydrogen (secondary N) is 1. The van der Waals surface area contributed by atoms with Crippen LogP contribution < -0.4 is 11.1 Å². The van der Waals surface area contributed by atoms with Gasteiger partial charge in [0.25, 0.3) is 0 Å². The first-order valence-corrected chi connectivity index (χ1v) is 5.19. The van der Waals surface area contributed by atoms with Crippen molar-refractivity contribution in [2.75, 3.05) is 26.8 Å². The van der Waals surface area contributed by atoms with Crippen LogP contribution in [0.5, 0.6) is 0 Å². The smallest absolute Gasteiger partial charge is 0.0626 e. The van der Waals surface area contributed by atoms with Crippen molar-refractivity contribution in [2.24, 2.45) is 11.7 Å². The molecule has 1 unspecified atom stereocenters. The number of hydrogen-bond donors (Lipinski definition) is 2. The second-order valence-electron chi connectivity index (χ2n) is 3.56. The van der Waals surface area contributed by atoms with Gasteiger partial charge in [-0.25, -0.2) is 0 Å². The summed E-state index contributed by atoms with van der Waals surface area (Å²) in [6, 6.07) is 0.124. The number of ether oxygens (including phenoxy) is 1. The summed E-state index contributed by atoms with van der Waals surface area (Å²) in [7, 11) is 1.68. The lowest BCUT2D eigenvalue weighted by atomic mass is 10.0. The fraction of sp³-hybridized carbons (Fsp3) is 1.00. The van der Waals surface area contributed by atoms with Crippen molar-refractivity contribution in [3.8, 4) is 0 Å². The highest BCUT2D eigenvalue weighted by Crippen LogP contribution is 2.04. The van der Waals surface area contributed by atoms with Crippen LogP contribution in [0.4, 0.5) is 0 Å². The number of methoxy groups -OCH3 is 1. The van der Waals surface area contributed by atoms with Crippen LogP contribution in [-0.2, 0) is 4.74 Å². The fourth-order valence-corrected chi connectivity index (χ4v) is 1.32. The van der Waals surface area contributed by atoms with Gasteiger partial charge in [-0.2, -0.15) is 0 Å². The van der Waals surface area contributed by atoms with E-state index in [2.05, 4.69) is 19.2 Å². The van der Waals surface area contributed by atoms with Gasteiger partial charge < -0.3 is 15.8 Å². The van der Waals surface area contributed by atoms with Crippen molar-refractivity contribution in [1.82, 2.24) is 5.32 Å². The maximum Gasteiger partial charge on any atom is 0.0626 e. The maximum atomic E-state index is 5.77. The summed E-state index contributed by atoms with van der Waals surface area (Å²) in [4.78, 5) is 0. The highest BCUT2D eigenvalue weighted by molar-refractivity contribution is 4.65. The van der Waals surface area contributed by atoms with Crippen molar-refractivity contribution in [2.45, 2.75) is 32.7 Å². The molecule has 0 aliphatic rings. The van der Waals surface area contributed by atoms with Gasteiger partial charge >= 0.3 is 0 Å². The Hall–Kier alpha value is -0.120. The Labute approximate surface area is 82.0 Å². The molecule has 1 atom stereocenters. The summed E-state index contributed by atoms with van der Waals surface area (Å²) < 4.78 is 4.95. The summed E-state index contributed by atoms with van der Waals surface area (Å²) in [5, 5.41) is 3.37. The van der Waals surface area contributed by atoms with Crippen molar-refractivity contribution < 1.29 is 4.74 Å². The third-order valence-corrected chi connectivity index (χ3v) is 2.37. The van der Waals surface area contributed by atoms with Crippen LogP contribution in [0.3, 0.4) is 0 Å². The lowest BCUT2D eigenvalue weighted by Gasteiger charge is -2.16. The molecule has 0 aromatic heterocycles. The molecule has 0 saturated heterocycles. The Morgan fingerprint density at radius 1 is 1.23 bits per heavy atom. The van der Waals surface area contributed by atoms with E-state index < -0.39 is 0 Å². The van der Waals surface area contributed by atoms with Crippen LogP contribution in [0, 0.1) is 5.92 Å². The molecule has 0 fully saturated rings. The van der Waals surface area contributed by atoms with Gasteiger partial charge in [0.05, 0.1) is 6.61 Å². The molecule has 0 radical (unpaired) electrons. The van der Waals surface area contributed by atoms with E-state index in [0.29, 0.717) is 6.61 Å². The van der Waals surface area contributed by atoms with Gasteiger partial charge in [-0.3, -0.25) is 0 Å². The molecular weight excluding hydrogens is 164 g/mol. The Morgan fingerprint density at radius 3 is 2.31 bits per heavy atom. The van der Waals surface area contributed by atoms with Gasteiger partial charge in [0.15, 0.2) is 0 Å². The lowest BCUT2D eigenvalue weighted by molar-refractivity contribution is 0.178. The Bertz CT molecular complexity index is 105. The van der Waals surface area contributed by atoms with E-state index in [1.807, 2.05) is 0 Å². The fourth-order valence-electron chi connectivity index (χ4n) is 1.32. The lowest BCUT2D eigenvalue weighted by Crippen LogP contribution is -2.38. The predicted octanol–water partition coefficient (Wildman–Crippen LogP) is 0.986. The monoisotopic (exact) mass is 188 g/mol. The summed E-state index contributed by atoms with van der Waals surface area (Å²) in [6.45, 7) is 7.01. The summed E-state index contributed by atoms with van der Waals surface area (Å²) in [5.74, 6) is 0.787. The quantitative estimate of drug-likeness (QED) is 0.597. The third kappa shape index (κ3) is 6.99. The zero-order valence-corrected chi connectivity index (χ0v) is 9.18. The van der Waals surface area contributed by atoms with E-state index in [-0.39, 0.29) is 6.04 Å². The van der Waals surface area contributed by atoms with Crippen LogP contribution in [0.1, 0.15) is 26.7 Å². The van der Waals surface area contributed by atoms with E-state index >= 15 is 0 Å². The molecule has 0 heterocycles. The molecule has 0 aromatic rings. The highest BCUT2D eigenvalue weighted by atomic mass is 16.5.